The van der Waals surface area contributed by atoms with Crippen LogP contribution in [-0.2, 0) is 42.9 Å². The van der Waals surface area contributed by atoms with Gasteiger partial charge in [-0.15, -0.1) is 0 Å². The van der Waals surface area contributed by atoms with Crippen LogP contribution in [0.15, 0.2) is 24.3 Å². The summed E-state index contributed by atoms with van der Waals surface area (Å²) in [6, 6.07) is 0. The highest BCUT2D eigenvalue weighted by atomic mass is 16.6. The predicted molar refractivity (Wildman–Crippen MR) is 99.6 cm³/mol. The number of esters is 4. The second kappa shape index (κ2) is 12.7. The summed E-state index contributed by atoms with van der Waals surface area (Å²) >= 11 is 0. The number of nitrogens with zero attached hydrogens (tertiary/aromatic N) is 1. The fourth-order valence-corrected chi connectivity index (χ4v) is 2.47. The minimum absolute atomic E-state index is 0.233. The molecule has 0 radical (unpaired) electrons. The molecule has 0 aromatic rings. The Hall–Kier alpha value is -2.72. The van der Waals surface area contributed by atoms with Crippen LogP contribution < -0.4 is 0 Å². The van der Waals surface area contributed by atoms with E-state index >= 15 is 0 Å². The summed E-state index contributed by atoms with van der Waals surface area (Å²) in [5.74, 6) is -2.95. The van der Waals surface area contributed by atoms with Gasteiger partial charge in [0.1, 0.15) is 6.61 Å². The van der Waals surface area contributed by atoms with Gasteiger partial charge < -0.3 is 23.7 Å². The van der Waals surface area contributed by atoms with Gasteiger partial charge in [-0.25, -0.2) is 19.2 Å². The van der Waals surface area contributed by atoms with Gasteiger partial charge >= 0.3 is 23.9 Å². The van der Waals surface area contributed by atoms with Crippen molar-refractivity contribution < 1.29 is 42.9 Å². The Morgan fingerprint density at radius 1 is 0.897 bits per heavy atom. The summed E-state index contributed by atoms with van der Waals surface area (Å²) in [6.45, 7) is 4.20. The van der Waals surface area contributed by atoms with Crippen molar-refractivity contribution in [3.63, 3.8) is 0 Å². The first-order valence-corrected chi connectivity index (χ1v) is 9.06. The first-order valence-electron chi connectivity index (χ1n) is 9.06. The van der Waals surface area contributed by atoms with Crippen molar-refractivity contribution in [3.8, 4) is 0 Å². The molecule has 0 spiro atoms. The largest absolute Gasteiger partial charge is 0.466 e. The second-order valence-electron chi connectivity index (χ2n) is 6.17. The van der Waals surface area contributed by atoms with Crippen molar-refractivity contribution in [2.45, 2.75) is 18.9 Å². The molecule has 1 unspecified atom stereocenters. The van der Waals surface area contributed by atoms with E-state index in [-0.39, 0.29) is 6.61 Å². The van der Waals surface area contributed by atoms with Crippen molar-refractivity contribution in [1.82, 2.24) is 4.90 Å². The molecule has 1 atom stereocenters. The molecule has 0 saturated carbocycles. The van der Waals surface area contributed by atoms with E-state index in [1.807, 2.05) is 4.90 Å². The maximum atomic E-state index is 12.2. The standard InChI is InChI=1S/C19H27NO9/c1-4-19(13-20-9-11-27-12-10-20,29-18(24)8-6-16(22)26-3)14-28-17(23)7-5-15(21)25-2/h5-8H,4,9-14H2,1-3H3/b7-5+,8-6+. The summed E-state index contributed by atoms with van der Waals surface area (Å²) in [7, 11) is 2.37. The van der Waals surface area contributed by atoms with E-state index in [1.165, 1.54) is 14.2 Å². The average molecular weight is 413 g/mol. The summed E-state index contributed by atoms with van der Waals surface area (Å²) in [4.78, 5) is 48.4. The van der Waals surface area contributed by atoms with Crippen molar-refractivity contribution >= 4 is 23.9 Å². The summed E-state index contributed by atoms with van der Waals surface area (Å²) in [5, 5.41) is 0. The molecule has 1 aliphatic heterocycles. The fourth-order valence-electron chi connectivity index (χ4n) is 2.47. The van der Waals surface area contributed by atoms with Gasteiger partial charge in [-0.1, -0.05) is 6.92 Å². The van der Waals surface area contributed by atoms with E-state index in [9.17, 15) is 19.2 Å². The molecule has 1 saturated heterocycles. The molecular weight excluding hydrogens is 386 g/mol. The smallest absolute Gasteiger partial charge is 0.331 e. The lowest BCUT2D eigenvalue weighted by atomic mass is 10.00. The Balaban J connectivity index is 2.86. The van der Waals surface area contributed by atoms with E-state index in [0.717, 1.165) is 24.3 Å². The zero-order valence-corrected chi connectivity index (χ0v) is 16.9. The van der Waals surface area contributed by atoms with Crippen molar-refractivity contribution in [2.24, 2.45) is 0 Å². The fraction of sp³-hybridized carbons (Fsp3) is 0.579. The quantitative estimate of drug-likeness (QED) is 0.275. The third-order valence-corrected chi connectivity index (χ3v) is 4.17. The number of carbonyl (C=O) groups excluding carboxylic acids is 4. The molecule has 10 nitrogen and oxygen atoms in total. The molecule has 1 aliphatic rings. The molecule has 10 heteroatoms. The zero-order valence-electron chi connectivity index (χ0n) is 16.9. The second-order valence-corrected chi connectivity index (χ2v) is 6.17. The highest BCUT2D eigenvalue weighted by Gasteiger charge is 2.36. The highest BCUT2D eigenvalue weighted by Crippen LogP contribution is 2.21. The van der Waals surface area contributed by atoms with Crippen LogP contribution >= 0.6 is 0 Å². The van der Waals surface area contributed by atoms with Gasteiger partial charge in [0, 0.05) is 43.9 Å². The number of methoxy groups -OCH3 is 2. The number of rotatable bonds is 10. The highest BCUT2D eigenvalue weighted by molar-refractivity contribution is 5.92. The Kier molecular flexibility index (Phi) is 10.6. The van der Waals surface area contributed by atoms with Crippen LogP contribution in [0.1, 0.15) is 13.3 Å². The minimum Gasteiger partial charge on any atom is -0.466 e. The maximum absolute atomic E-state index is 12.2. The summed E-state index contributed by atoms with van der Waals surface area (Å²) < 4.78 is 24.9. The molecular formula is C19H27NO9. The molecule has 0 N–H and O–H groups in total. The number of morpholine rings is 1. The number of hydrogen-bond donors (Lipinski definition) is 0. The van der Waals surface area contributed by atoms with Crippen LogP contribution in [0.4, 0.5) is 0 Å². The molecule has 29 heavy (non-hydrogen) atoms. The Bertz CT molecular complexity index is 638. The molecule has 0 amide bonds. The lowest BCUT2D eigenvalue weighted by molar-refractivity contribution is -0.171. The molecule has 1 rings (SSSR count). The van der Waals surface area contributed by atoms with Crippen molar-refractivity contribution in [2.75, 3.05) is 53.7 Å². The molecule has 1 heterocycles. The summed E-state index contributed by atoms with van der Waals surface area (Å²) in [6.07, 6.45) is 4.11. The topological polar surface area (TPSA) is 118 Å². The average Bonchev–Trinajstić information content (AvgIpc) is 2.74. The molecule has 0 aromatic carbocycles. The Labute approximate surface area is 169 Å². The van der Waals surface area contributed by atoms with Gasteiger partial charge in [0.25, 0.3) is 0 Å². The predicted octanol–water partition coefficient (Wildman–Crippen LogP) is 0.0122. The zero-order chi connectivity index (χ0) is 21.7. The minimum atomic E-state index is -1.15. The third kappa shape index (κ3) is 9.35. The van der Waals surface area contributed by atoms with Gasteiger partial charge in [0.05, 0.1) is 27.4 Å². The maximum Gasteiger partial charge on any atom is 0.331 e. The van der Waals surface area contributed by atoms with Crippen molar-refractivity contribution in [3.05, 3.63) is 24.3 Å². The van der Waals surface area contributed by atoms with Crippen LogP contribution in [0, 0.1) is 0 Å². The van der Waals surface area contributed by atoms with E-state index in [1.54, 1.807) is 6.92 Å². The molecule has 0 aliphatic carbocycles. The number of ether oxygens (including phenoxy) is 5. The normalized spacial score (nSPS) is 16.9. The van der Waals surface area contributed by atoms with E-state index in [4.69, 9.17) is 14.2 Å². The lowest BCUT2D eigenvalue weighted by Gasteiger charge is -2.37. The van der Waals surface area contributed by atoms with E-state index in [2.05, 4.69) is 9.47 Å². The van der Waals surface area contributed by atoms with Crippen LogP contribution in [0.2, 0.25) is 0 Å². The third-order valence-electron chi connectivity index (χ3n) is 4.17. The monoisotopic (exact) mass is 413 g/mol. The SMILES string of the molecule is CCC(COC(=O)/C=C/C(=O)OC)(CN1CCOCC1)OC(=O)/C=C/C(=O)OC. The van der Waals surface area contributed by atoms with Gasteiger partial charge in [-0.3, -0.25) is 4.90 Å². The first kappa shape index (κ1) is 24.3. The van der Waals surface area contributed by atoms with Gasteiger partial charge in [0.15, 0.2) is 5.60 Å². The first-order chi connectivity index (χ1) is 13.8. The molecule has 0 bridgehead atoms. The Morgan fingerprint density at radius 3 is 1.93 bits per heavy atom. The molecule has 1 fully saturated rings. The van der Waals surface area contributed by atoms with Crippen LogP contribution in [0.3, 0.4) is 0 Å². The van der Waals surface area contributed by atoms with Gasteiger partial charge in [-0.2, -0.15) is 0 Å². The van der Waals surface area contributed by atoms with E-state index in [0.29, 0.717) is 39.3 Å². The van der Waals surface area contributed by atoms with Gasteiger partial charge in [0.2, 0.25) is 0 Å². The van der Waals surface area contributed by atoms with Crippen LogP contribution in [0.5, 0.6) is 0 Å². The van der Waals surface area contributed by atoms with Gasteiger partial charge in [-0.05, 0) is 6.42 Å². The van der Waals surface area contributed by atoms with Crippen molar-refractivity contribution in [1.29, 1.82) is 0 Å². The van der Waals surface area contributed by atoms with Crippen LogP contribution in [-0.4, -0.2) is 88.1 Å². The number of carbonyl (C=O) groups is 4. The number of hydrogen-bond acceptors (Lipinski definition) is 10. The summed E-state index contributed by atoms with van der Waals surface area (Å²) in [5.41, 5.74) is -1.15. The van der Waals surface area contributed by atoms with E-state index < -0.39 is 29.5 Å². The Morgan fingerprint density at radius 2 is 1.41 bits per heavy atom. The van der Waals surface area contributed by atoms with Crippen LogP contribution in [0.25, 0.3) is 0 Å². The lowest BCUT2D eigenvalue weighted by Crippen LogP contribution is -2.52. The molecule has 0 aromatic heterocycles. The molecule has 162 valence electrons.